The minimum Gasteiger partial charge on any atom is -0.310 e. The molecule has 17 rings (SSSR count). The first-order valence-corrected chi connectivity index (χ1v) is 32.1. The van der Waals surface area contributed by atoms with Gasteiger partial charge in [0.25, 0.3) is 0 Å². The number of hydrogen-bond acceptors (Lipinski definition) is 2. The van der Waals surface area contributed by atoms with Crippen molar-refractivity contribution < 1.29 is 0 Å². The largest absolute Gasteiger partial charge is 0.310 e. The molecule has 14 aromatic carbocycles. The lowest BCUT2D eigenvalue weighted by Crippen LogP contribution is -2.25. The Morgan fingerprint density at radius 2 is 0.833 bits per heavy atom. The smallest absolute Gasteiger partial charge is 0.0468 e. The summed E-state index contributed by atoms with van der Waals surface area (Å²) in [7, 11) is 0. The molecule has 0 aromatic heterocycles. The predicted octanol–water partition coefficient (Wildman–Crippen LogP) is 24.5. The first kappa shape index (κ1) is 53.9. The van der Waals surface area contributed by atoms with Crippen LogP contribution in [-0.2, 0) is 16.2 Å². The summed E-state index contributed by atoms with van der Waals surface area (Å²) in [5.41, 5.74) is 23.4. The molecule has 2 nitrogen and oxygen atoms in total. The van der Waals surface area contributed by atoms with Crippen LogP contribution in [0, 0.1) is 0 Å². The number of nitrogens with zero attached hydrogens (tertiary/aromatic N) is 2. The molecule has 90 heavy (non-hydrogen) atoms. The van der Waals surface area contributed by atoms with Crippen LogP contribution < -0.4 is 9.80 Å². The van der Waals surface area contributed by atoms with Gasteiger partial charge in [0.15, 0.2) is 0 Å². The first-order chi connectivity index (χ1) is 43.8. The minimum absolute atomic E-state index is 0.000309. The Kier molecular flexibility index (Phi) is 12.1. The number of benzene rings is 14. The summed E-state index contributed by atoms with van der Waals surface area (Å²) in [6, 6.07) is 104. The lowest BCUT2D eigenvalue weighted by atomic mass is 9.69. The quantitative estimate of drug-likeness (QED) is 0.140. The highest BCUT2D eigenvalue weighted by Crippen LogP contribution is 2.60. The molecule has 2 heteroatoms. The molecule has 0 saturated heterocycles. The van der Waals surface area contributed by atoms with Crippen LogP contribution in [0.4, 0.5) is 34.1 Å². The van der Waals surface area contributed by atoms with Crippen LogP contribution in [0.2, 0.25) is 0 Å². The average Bonchev–Trinajstić information content (AvgIpc) is 1.44. The van der Waals surface area contributed by atoms with Crippen molar-refractivity contribution in [2.24, 2.45) is 0 Å². The molecule has 2 atom stereocenters. The molecule has 0 spiro atoms. The molecule has 0 aliphatic heterocycles. The number of allylic oxidation sites excluding steroid dienone is 1. The van der Waals surface area contributed by atoms with Gasteiger partial charge in [-0.2, -0.15) is 0 Å². The predicted molar refractivity (Wildman–Crippen MR) is 384 cm³/mol. The maximum absolute atomic E-state index is 2.59. The standard InChI is InChI=1S/C88H70N2/c1-86(2,3)63-35-39-65(40-36-63)90(67-38-30-56-20-12-14-24-60(56)50-67)69-42-48-75-79(54-69)83(62-34-44-73-77-46-32-58-22-16-18-28-71(58)85(77)88(6,7)81(73)52-62)74-47-41-68(89(64-25-9-8-10-26-64)66-37-29-55-19-11-13-23-59(55)49-66)53-78(74)82(75)61-33-43-72-76-45-31-57-21-15-17-27-70(57)84(76)87(4,5)80(72)51-61/h8-54,77,85H,1-7H3. The summed E-state index contributed by atoms with van der Waals surface area (Å²) in [6.45, 7) is 16.8. The van der Waals surface area contributed by atoms with E-state index in [1.54, 1.807) is 0 Å². The summed E-state index contributed by atoms with van der Waals surface area (Å²) < 4.78 is 0. The zero-order chi connectivity index (χ0) is 60.8. The van der Waals surface area contributed by atoms with Crippen molar-refractivity contribution in [1.29, 1.82) is 0 Å². The molecular weight excluding hydrogens is 1080 g/mol. The molecule has 3 aliphatic carbocycles. The summed E-state index contributed by atoms with van der Waals surface area (Å²) in [5, 5.41) is 12.3. The van der Waals surface area contributed by atoms with Crippen molar-refractivity contribution in [2.45, 2.75) is 76.5 Å². The van der Waals surface area contributed by atoms with Crippen molar-refractivity contribution >= 4 is 94.1 Å². The van der Waals surface area contributed by atoms with E-state index in [9.17, 15) is 0 Å². The van der Waals surface area contributed by atoms with E-state index < -0.39 is 0 Å². The number of rotatable bonds is 8. The highest BCUT2D eigenvalue weighted by Gasteiger charge is 2.48. The van der Waals surface area contributed by atoms with E-state index in [1.807, 2.05) is 0 Å². The SMILES string of the molecule is CC(C)(C)c1ccc(N(c2ccc3ccccc3c2)c2ccc3c(-c4ccc5c(c4)C(C)(C)c4c-5ccc5ccccc45)c4cc(N(c5ccccc5)c5ccc6ccccc6c5)ccc4c(-c4ccc5c(c4)C(C)(C)C4c6ccccc6C=CC54)c3c2)cc1. The van der Waals surface area contributed by atoms with E-state index in [1.165, 1.54) is 126 Å². The van der Waals surface area contributed by atoms with Crippen LogP contribution in [0.5, 0.6) is 0 Å². The fourth-order valence-corrected chi connectivity index (χ4v) is 16.4. The highest BCUT2D eigenvalue weighted by atomic mass is 15.1. The summed E-state index contributed by atoms with van der Waals surface area (Å²) in [4.78, 5) is 4.93. The molecule has 0 fully saturated rings. The Bertz CT molecular complexity index is 5310. The maximum Gasteiger partial charge on any atom is 0.0468 e. The van der Waals surface area contributed by atoms with Crippen LogP contribution in [0.1, 0.15) is 99.2 Å². The van der Waals surface area contributed by atoms with Crippen molar-refractivity contribution in [3.8, 4) is 33.4 Å². The average molecular weight is 1160 g/mol. The van der Waals surface area contributed by atoms with Gasteiger partial charge in [-0.15, -0.1) is 0 Å². The van der Waals surface area contributed by atoms with E-state index in [4.69, 9.17) is 0 Å². The van der Waals surface area contributed by atoms with Crippen molar-refractivity contribution in [3.05, 3.63) is 318 Å². The number of fused-ring (bicyclic) bond motifs is 14. The summed E-state index contributed by atoms with van der Waals surface area (Å²) in [6.07, 6.45) is 4.85. The van der Waals surface area contributed by atoms with Gasteiger partial charge in [-0.1, -0.05) is 255 Å². The number of hydrogen-bond donors (Lipinski definition) is 0. The number of anilines is 6. The lowest BCUT2D eigenvalue weighted by Gasteiger charge is -2.34. The van der Waals surface area contributed by atoms with Gasteiger partial charge < -0.3 is 9.80 Å². The van der Waals surface area contributed by atoms with Gasteiger partial charge in [0.2, 0.25) is 0 Å². The second-order valence-electron chi connectivity index (χ2n) is 27.7. The zero-order valence-electron chi connectivity index (χ0n) is 52.2. The molecule has 0 amide bonds. The molecule has 3 aliphatic rings. The van der Waals surface area contributed by atoms with Gasteiger partial charge in [0.1, 0.15) is 0 Å². The second-order valence-corrected chi connectivity index (χ2v) is 27.7. The van der Waals surface area contributed by atoms with E-state index in [2.05, 4.69) is 343 Å². The normalized spacial score (nSPS) is 15.9. The monoisotopic (exact) mass is 1150 g/mol. The summed E-state index contributed by atoms with van der Waals surface area (Å²) >= 11 is 0. The number of para-hydroxylation sites is 1. The highest BCUT2D eigenvalue weighted by molar-refractivity contribution is 6.23. The van der Waals surface area contributed by atoms with Gasteiger partial charge in [0, 0.05) is 51.4 Å². The van der Waals surface area contributed by atoms with Crippen molar-refractivity contribution in [1.82, 2.24) is 0 Å². The fraction of sp³-hybridized carbons (Fsp3) is 0.136. The van der Waals surface area contributed by atoms with Gasteiger partial charge >= 0.3 is 0 Å². The minimum atomic E-state index is -0.265. The second kappa shape index (κ2) is 20.1. The van der Waals surface area contributed by atoms with Gasteiger partial charge in [-0.05, 0) is 216 Å². The third-order valence-corrected chi connectivity index (χ3v) is 20.8. The topological polar surface area (TPSA) is 6.48 Å². The lowest BCUT2D eigenvalue weighted by molar-refractivity contribution is 0.424. The molecule has 0 N–H and O–H groups in total. The molecular formula is C88H70N2. The van der Waals surface area contributed by atoms with E-state index in [0.717, 1.165) is 34.1 Å². The molecule has 432 valence electrons. The van der Waals surface area contributed by atoms with Gasteiger partial charge in [-0.25, -0.2) is 0 Å². The Morgan fingerprint density at radius 3 is 1.47 bits per heavy atom. The van der Waals surface area contributed by atoms with Gasteiger partial charge in [-0.3, -0.25) is 0 Å². The maximum atomic E-state index is 2.59. The molecule has 0 bridgehead atoms. The first-order valence-electron chi connectivity index (χ1n) is 32.1. The molecule has 2 unspecified atom stereocenters. The third-order valence-electron chi connectivity index (χ3n) is 20.8. The molecule has 14 aromatic rings. The van der Waals surface area contributed by atoms with E-state index in [-0.39, 0.29) is 22.2 Å². The molecule has 0 radical (unpaired) electrons. The Balaban J connectivity index is 0.971. The van der Waals surface area contributed by atoms with Gasteiger partial charge in [0.05, 0.1) is 0 Å². The van der Waals surface area contributed by atoms with Crippen molar-refractivity contribution in [2.75, 3.05) is 9.80 Å². The molecule has 0 saturated carbocycles. The molecule has 0 heterocycles. The van der Waals surface area contributed by atoms with Crippen LogP contribution in [-0.4, -0.2) is 0 Å². The Morgan fingerprint density at radius 1 is 0.344 bits per heavy atom. The Hall–Kier alpha value is -10.3. The van der Waals surface area contributed by atoms with Crippen molar-refractivity contribution in [3.63, 3.8) is 0 Å². The van der Waals surface area contributed by atoms with E-state index >= 15 is 0 Å². The van der Waals surface area contributed by atoms with Crippen LogP contribution in [0.15, 0.2) is 279 Å². The Labute approximate surface area is 528 Å². The zero-order valence-corrected chi connectivity index (χ0v) is 52.2. The van der Waals surface area contributed by atoms with Crippen LogP contribution >= 0.6 is 0 Å². The third kappa shape index (κ3) is 8.37. The van der Waals surface area contributed by atoms with Crippen LogP contribution in [0.3, 0.4) is 0 Å². The van der Waals surface area contributed by atoms with Crippen LogP contribution in [0.25, 0.3) is 93.3 Å². The summed E-state index contributed by atoms with van der Waals surface area (Å²) in [5.74, 6) is 0.609. The van der Waals surface area contributed by atoms with E-state index in [0.29, 0.717) is 5.92 Å². The fourth-order valence-electron chi connectivity index (χ4n) is 16.4.